The zero-order chi connectivity index (χ0) is 14.4. The Hall–Kier alpha value is -1.20. The van der Waals surface area contributed by atoms with Crippen LogP contribution in [-0.2, 0) is 11.3 Å². The van der Waals surface area contributed by atoms with Crippen molar-refractivity contribution in [3.63, 3.8) is 0 Å². The summed E-state index contributed by atoms with van der Waals surface area (Å²) in [4.78, 5) is 18.9. The number of nitrogens with zero attached hydrogens (tertiary/aromatic N) is 1. The third-order valence-corrected chi connectivity index (χ3v) is 2.80. The van der Waals surface area contributed by atoms with Crippen molar-refractivity contribution >= 4 is 0 Å². The molecule has 1 heterocycles. The molecule has 0 bridgehead atoms. The zero-order valence-corrected chi connectivity index (χ0v) is 12.5. The first-order chi connectivity index (χ1) is 8.93. The predicted octanol–water partition coefficient (Wildman–Crippen LogP) is 1.86. The number of rotatable bonds is 7. The Bertz CT molecular complexity index is 441. The first-order valence-corrected chi connectivity index (χ1v) is 6.77. The van der Waals surface area contributed by atoms with E-state index in [2.05, 4.69) is 29.1 Å². The summed E-state index contributed by atoms with van der Waals surface area (Å²) < 4.78 is 5.40. The lowest BCUT2D eigenvalue weighted by molar-refractivity contribution is 0.0570. The number of methoxy groups -OCH3 is 1. The van der Waals surface area contributed by atoms with E-state index in [-0.39, 0.29) is 17.6 Å². The standard InChI is InChI=1S/C14H25N3O2/c1-9(2)7-15-8-11-6-12(18)17-14(16-11)13(19-5)10(3)4/h6,9-10,13,15H,7-8H2,1-5H3,(H,16,17,18). The van der Waals surface area contributed by atoms with Gasteiger partial charge in [0.1, 0.15) is 11.9 Å². The fourth-order valence-electron chi connectivity index (χ4n) is 1.94. The van der Waals surface area contributed by atoms with Crippen molar-refractivity contribution in [1.29, 1.82) is 0 Å². The smallest absolute Gasteiger partial charge is 0.251 e. The van der Waals surface area contributed by atoms with E-state index in [4.69, 9.17) is 4.74 Å². The van der Waals surface area contributed by atoms with E-state index in [1.54, 1.807) is 7.11 Å². The van der Waals surface area contributed by atoms with Crippen LogP contribution < -0.4 is 10.9 Å². The van der Waals surface area contributed by atoms with Crippen molar-refractivity contribution in [3.05, 3.63) is 27.9 Å². The highest BCUT2D eigenvalue weighted by molar-refractivity contribution is 5.05. The van der Waals surface area contributed by atoms with E-state index >= 15 is 0 Å². The second kappa shape index (κ2) is 7.40. The summed E-state index contributed by atoms with van der Waals surface area (Å²) in [5.41, 5.74) is 0.621. The second-order valence-corrected chi connectivity index (χ2v) is 5.55. The number of hydrogen-bond donors (Lipinski definition) is 2. The molecule has 5 nitrogen and oxygen atoms in total. The largest absolute Gasteiger partial charge is 0.373 e. The van der Waals surface area contributed by atoms with Crippen LogP contribution in [-0.4, -0.2) is 23.6 Å². The minimum absolute atomic E-state index is 0.131. The summed E-state index contributed by atoms with van der Waals surface area (Å²) in [7, 11) is 1.63. The van der Waals surface area contributed by atoms with Gasteiger partial charge >= 0.3 is 0 Å². The number of ether oxygens (including phenoxy) is 1. The Balaban J connectivity index is 2.84. The van der Waals surface area contributed by atoms with Crippen LogP contribution in [0.25, 0.3) is 0 Å². The molecule has 0 radical (unpaired) electrons. The van der Waals surface area contributed by atoms with Crippen LogP contribution in [0.1, 0.15) is 45.3 Å². The molecule has 5 heteroatoms. The Morgan fingerprint density at radius 2 is 2.05 bits per heavy atom. The Labute approximate surface area is 114 Å². The van der Waals surface area contributed by atoms with Gasteiger partial charge in [-0.1, -0.05) is 27.7 Å². The van der Waals surface area contributed by atoms with Gasteiger partial charge in [-0.2, -0.15) is 0 Å². The van der Waals surface area contributed by atoms with E-state index in [9.17, 15) is 4.79 Å². The van der Waals surface area contributed by atoms with Gasteiger partial charge in [0.2, 0.25) is 0 Å². The van der Waals surface area contributed by atoms with Gasteiger partial charge in [0, 0.05) is 19.7 Å². The molecule has 0 aromatic carbocycles. The molecule has 0 aliphatic carbocycles. The number of aromatic amines is 1. The zero-order valence-electron chi connectivity index (χ0n) is 12.5. The van der Waals surface area contributed by atoms with Gasteiger partial charge in [0.15, 0.2) is 0 Å². The Morgan fingerprint density at radius 1 is 1.37 bits per heavy atom. The predicted molar refractivity (Wildman–Crippen MR) is 76.0 cm³/mol. The van der Waals surface area contributed by atoms with Gasteiger partial charge in [-0.3, -0.25) is 4.79 Å². The van der Waals surface area contributed by atoms with Crippen LogP contribution >= 0.6 is 0 Å². The Kier molecular flexibility index (Phi) is 6.18. The third kappa shape index (κ3) is 5.12. The van der Waals surface area contributed by atoms with Crippen molar-refractivity contribution in [2.45, 2.75) is 40.3 Å². The normalized spacial score (nSPS) is 13.2. The third-order valence-electron chi connectivity index (χ3n) is 2.80. The van der Waals surface area contributed by atoms with E-state index in [0.29, 0.717) is 18.3 Å². The molecule has 108 valence electrons. The highest BCUT2D eigenvalue weighted by Gasteiger charge is 2.18. The van der Waals surface area contributed by atoms with Crippen molar-refractivity contribution in [3.8, 4) is 0 Å². The van der Waals surface area contributed by atoms with E-state index in [1.807, 2.05) is 13.8 Å². The maximum atomic E-state index is 11.7. The average molecular weight is 267 g/mol. The quantitative estimate of drug-likeness (QED) is 0.791. The number of hydrogen-bond acceptors (Lipinski definition) is 4. The molecular formula is C14H25N3O2. The summed E-state index contributed by atoms with van der Waals surface area (Å²) >= 11 is 0. The molecule has 19 heavy (non-hydrogen) atoms. The number of H-pyrrole nitrogens is 1. The van der Waals surface area contributed by atoms with Crippen molar-refractivity contribution in [2.75, 3.05) is 13.7 Å². The van der Waals surface area contributed by atoms with E-state index in [1.165, 1.54) is 6.07 Å². The van der Waals surface area contributed by atoms with E-state index in [0.717, 1.165) is 12.2 Å². The summed E-state index contributed by atoms with van der Waals surface area (Å²) in [5.74, 6) is 1.43. The lowest BCUT2D eigenvalue weighted by Crippen LogP contribution is -2.24. The van der Waals surface area contributed by atoms with Crippen LogP contribution in [0.3, 0.4) is 0 Å². The fourth-order valence-corrected chi connectivity index (χ4v) is 1.94. The molecule has 0 spiro atoms. The summed E-state index contributed by atoms with van der Waals surface area (Å²) in [6, 6.07) is 1.53. The molecule has 1 aromatic heterocycles. The summed E-state index contributed by atoms with van der Waals surface area (Å²) in [5, 5.41) is 3.29. The molecule has 1 atom stereocenters. The average Bonchev–Trinajstić information content (AvgIpc) is 2.28. The number of aromatic nitrogens is 2. The van der Waals surface area contributed by atoms with Crippen LogP contribution in [0, 0.1) is 11.8 Å². The van der Waals surface area contributed by atoms with Crippen LogP contribution in [0.4, 0.5) is 0 Å². The van der Waals surface area contributed by atoms with Crippen LogP contribution in [0.15, 0.2) is 10.9 Å². The molecule has 1 aromatic rings. The van der Waals surface area contributed by atoms with Gasteiger partial charge in [0.25, 0.3) is 5.56 Å². The highest BCUT2D eigenvalue weighted by Crippen LogP contribution is 2.20. The lowest BCUT2D eigenvalue weighted by Gasteiger charge is -2.18. The van der Waals surface area contributed by atoms with Gasteiger partial charge in [-0.25, -0.2) is 4.98 Å². The minimum atomic E-state index is -0.183. The molecule has 0 saturated heterocycles. The molecule has 2 N–H and O–H groups in total. The molecule has 0 fully saturated rings. The SMILES string of the molecule is COC(c1nc(CNCC(C)C)cc(=O)[nH]1)C(C)C. The van der Waals surface area contributed by atoms with Gasteiger partial charge in [0.05, 0.1) is 5.69 Å². The number of nitrogens with one attached hydrogen (secondary N) is 2. The van der Waals surface area contributed by atoms with Crippen molar-refractivity contribution in [1.82, 2.24) is 15.3 Å². The van der Waals surface area contributed by atoms with Gasteiger partial charge in [-0.15, -0.1) is 0 Å². The topological polar surface area (TPSA) is 67.0 Å². The molecule has 0 saturated carbocycles. The minimum Gasteiger partial charge on any atom is -0.373 e. The maximum Gasteiger partial charge on any atom is 0.251 e. The molecule has 0 aliphatic rings. The maximum absolute atomic E-state index is 11.7. The van der Waals surface area contributed by atoms with E-state index < -0.39 is 0 Å². The molecule has 0 aliphatic heterocycles. The fraction of sp³-hybridized carbons (Fsp3) is 0.714. The lowest BCUT2D eigenvalue weighted by atomic mass is 10.1. The molecule has 1 unspecified atom stereocenters. The van der Waals surface area contributed by atoms with Crippen LogP contribution in [0.5, 0.6) is 0 Å². The first-order valence-electron chi connectivity index (χ1n) is 6.77. The van der Waals surface area contributed by atoms with Crippen molar-refractivity contribution < 1.29 is 4.74 Å². The molecule has 1 rings (SSSR count). The van der Waals surface area contributed by atoms with Gasteiger partial charge < -0.3 is 15.0 Å². The summed E-state index contributed by atoms with van der Waals surface area (Å²) in [6.07, 6.45) is -0.183. The molecule has 0 amide bonds. The van der Waals surface area contributed by atoms with Crippen molar-refractivity contribution in [2.24, 2.45) is 11.8 Å². The first kappa shape index (κ1) is 15.9. The monoisotopic (exact) mass is 267 g/mol. The molecular weight excluding hydrogens is 242 g/mol. The summed E-state index contributed by atoms with van der Waals surface area (Å²) in [6.45, 7) is 9.87. The second-order valence-electron chi connectivity index (χ2n) is 5.55. The Morgan fingerprint density at radius 3 is 2.58 bits per heavy atom. The highest BCUT2D eigenvalue weighted by atomic mass is 16.5. The van der Waals surface area contributed by atoms with Gasteiger partial charge in [-0.05, 0) is 18.4 Å². The van der Waals surface area contributed by atoms with Crippen LogP contribution in [0.2, 0.25) is 0 Å².